The number of halogens is 1. The summed E-state index contributed by atoms with van der Waals surface area (Å²) < 4.78 is 10.7. The Bertz CT molecular complexity index is 376. The minimum atomic E-state index is 0.437. The van der Waals surface area contributed by atoms with Crippen LogP contribution >= 0.6 is 15.9 Å². The maximum Gasteiger partial charge on any atom is 0.164 e. The first kappa shape index (κ1) is 10.8. The number of hydrogen-bond donors (Lipinski definition) is 0. The average molecular weight is 271 g/mol. The molecule has 3 heteroatoms. The summed E-state index contributed by atoms with van der Waals surface area (Å²) in [4.78, 5) is 0.437. The highest BCUT2D eigenvalue weighted by molar-refractivity contribution is 9.09. The highest BCUT2D eigenvalue weighted by Crippen LogP contribution is 2.48. The van der Waals surface area contributed by atoms with Crippen LogP contribution in [-0.4, -0.2) is 14.2 Å². The zero-order valence-corrected chi connectivity index (χ0v) is 10.8. The molecule has 0 N–H and O–H groups in total. The van der Waals surface area contributed by atoms with Gasteiger partial charge in [0, 0.05) is 10.4 Å². The van der Waals surface area contributed by atoms with Crippen LogP contribution in [0.1, 0.15) is 22.9 Å². The fourth-order valence-electron chi connectivity index (χ4n) is 2.21. The maximum absolute atomic E-state index is 5.43. The molecule has 15 heavy (non-hydrogen) atoms. The Kier molecular flexibility index (Phi) is 2.91. The van der Waals surface area contributed by atoms with E-state index in [0.29, 0.717) is 10.7 Å². The molecular formula is C12H15BrO2. The Morgan fingerprint density at radius 3 is 2.60 bits per heavy atom. The number of methoxy groups -OCH3 is 2. The largest absolute Gasteiger partial charge is 0.493 e. The quantitative estimate of drug-likeness (QED) is 0.768. The lowest BCUT2D eigenvalue weighted by Gasteiger charge is -2.12. The van der Waals surface area contributed by atoms with Crippen molar-refractivity contribution in [2.24, 2.45) is 5.92 Å². The van der Waals surface area contributed by atoms with Crippen LogP contribution in [0.15, 0.2) is 12.1 Å². The number of alkyl halides is 1. The Hall–Kier alpha value is -0.700. The number of rotatable bonds is 2. The van der Waals surface area contributed by atoms with Crippen LogP contribution in [0.25, 0.3) is 0 Å². The molecule has 0 spiro atoms. The molecule has 2 unspecified atom stereocenters. The lowest BCUT2D eigenvalue weighted by Crippen LogP contribution is -1.96. The molecule has 0 heterocycles. The first-order chi connectivity index (χ1) is 7.19. The summed E-state index contributed by atoms with van der Waals surface area (Å²) in [7, 11) is 3.37. The van der Waals surface area contributed by atoms with Gasteiger partial charge in [0.15, 0.2) is 11.5 Å². The third-order valence-corrected chi connectivity index (χ3v) is 4.40. The lowest BCUT2D eigenvalue weighted by atomic mass is 10.1. The number of ether oxygens (including phenoxy) is 2. The Labute approximate surface area is 98.7 Å². The number of hydrogen-bond acceptors (Lipinski definition) is 2. The topological polar surface area (TPSA) is 18.5 Å². The first-order valence-corrected chi connectivity index (χ1v) is 5.98. The molecule has 0 fully saturated rings. The number of benzene rings is 1. The summed E-state index contributed by atoms with van der Waals surface area (Å²) in [6, 6.07) is 4.10. The van der Waals surface area contributed by atoms with Gasteiger partial charge in [0.05, 0.1) is 14.2 Å². The smallest absolute Gasteiger partial charge is 0.164 e. The predicted molar refractivity (Wildman–Crippen MR) is 64.1 cm³/mol. The summed E-state index contributed by atoms with van der Waals surface area (Å²) in [5.74, 6) is 2.33. The molecular weight excluding hydrogens is 256 g/mol. The molecule has 1 aliphatic carbocycles. The van der Waals surface area contributed by atoms with Gasteiger partial charge in [0.2, 0.25) is 0 Å². The van der Waals surface area contributed by atoms with Crippen LogP contribution in [0.4, 0.5) is 0 Å². The van der Waals surface area contributed by atoms with Gasteiger partial charge in [-0.3, -0.25) is 0 Å². The van der Waals surface area contributed by atoms with E-state index in [-0.39, 0.29) is 0 Å². The van der Waals surface area contributed by atoms with Crippen LogP contribution in [-0.2, 0) is 6.42 Å². The minimum absolute atomic E-state index is 0.437. The van der Waals surface area contributed by atoms with Crippen LogP contribution < -0.4 is 9.47 Å². The van der Waals surface area contributed by atoms with Crippen molar-refractivity contribution >= 4 is 15.9 Å². The summed E-state index contributed by atoms with van der Waals surface area (Å²) in [5.41, 5.74) is 2.62. The third-order valence-electron chi connectivity index (χ3n) is 3.01. The van der Waals surface area contributed by atoms with Gasteiger partial charge in [-0.05, 0) is 24.0 Å². The van der Waals surface area contributed by atoms with Gasteiger partial charge >= 0.3 is 0 Å². The SMILES string of the molecule is COc1ccc2c(c1OC)CC(C)C2Br. The highest BCUT2D eigenvalue weighted by Gasteiger charge is 2.31. The summed E-state index contributed by atoms with van der Waals surface area (Å²) in [5, 5.41) is 0. The van der Waals surface area contributed by atoms with E-state index in [1.54, 1.807) is 14.2 Å². The molecule has 1 aromatic carbocycles. The molecule has 0 bridgehead atoms. The lowest BCUT2D eigenvalue weighted by molar-refractivity contribution is 0.351. The van der Waals surface area contributed by atoms with E-state index < -0.39 is 0 Å². The standard InChI is InChI=1S/C12H15BrO2/c1-7-6-9-8(11(7)13)4-5-10(14-2)12(9)15-3/h4-5,7,11H,6H2,1-3H3. The number of fused-ring (bicyclic) bond motifs is 1. The summed E-state index contributed by atoms with van der Waals surface area (Å²) in [6.45, 7) is 2.24. The fourth-order valence-corrected chi connectivity index (χ4v) is 2.82. The Balaban J connectivity index is 2.54. The van der Waals surface area contributed by atoms with Gasteiger partial charge in [-0.2, -0.15) is 0 Å². The van der Waals surface area contributed by atoms with E-state index in [2.05, 4.69) is 28.9 Å². The third kappa shape index (κ3) is 1.63. The molecule has 2 nitrogen and oxygen atoms in total. The van der Waals surface area contributed by atoms with E-state index in [1.807, 2.05) is 6.07 Å². The van der Waals surface area contributed by atoms with Crippen molar-refractivity contribution in [2.75, 3.05) is 14.2 Å². The van der Waals surface area contributed by atoms with E-state index in [9.17, 15) is 0 Å². The molecule has 82 valence electrons. The summed E-state index contributed by atoms with van der Waals surface area (Å²) >= 11 is 3.72. The van der Waals surface area contributed by atoms with Gasteiger partial charge in [-0.15, -0.1) is 0 Å². The van der Waals surface area contributed by atoms with Crippen LogP contribution in [0.2, 0.25) is 0 Å². The predicted octanol–water partition coefficient (Wildman–Crippen LogP) is 3.33. The maximum atomic E-state index is 5.43. The van der Waals surface area contributed by atoms with E-state index in [0.717, 1.165) is 17.9 Å². The normalized spacial score (nSPS) is 23.7. The molecule has 0 aliphatic heterocycles. The molecule has 1 aromatic rings. The molecule has 0 saturated carbocycles. The Morgan fingerprint density at radius 1 is 1.27 bits per heavy atom. The monoisotopic (exact) mass is 270 g/mol. The van der Waals surface area contributed by atoms with Gasteiger partial charge in [-0.25, -0.2) is 0 Å². The summed E-state index contributed by atoms with van der Waals surface area (Å²) in [6.07, 6.45) is 1.05. The fraction of sp³-hybridized carbons (Fsp3) is 0.500. The van der Waals surface area contributed by atoms with Crippen molar-refractivity contribution in [3.05, 3.63) is 23.3 Å². The average Bonchev–Trinajstić information content (AvgIpc) is 2.54. The molecule has 0 radical (unpaired) electrons. The zero-order valence-electron chi connectivity index (χ0n) is 9.21. The van der Waals surface area contributed by atoms with Crippen molar-refractivity contribution in [3.8, 4) is 11.5 Å². The molecule has 2 atom stereocenters. The molecule has 0 amide bonds. The van der Waals surface area contributed by atoms with Gasteiger partial charge in [-0.1, -0.05) is 28.9 Å². The zero-order chi connectivity index (χ0) is 11.0. The molecule has 0 aromatic heterocycles. The molecule has 1 aliphatic rings. The minimum Gasteiger partial charge on any atom is -0.493 e. The van der Waals surface area contributed by atoms with Crippen LogP contribution in [0.3, 0.4) is 0 Å². The second-order valence-corrected chi connectivity index (χ2v) is 4.94. The van der Waals surface area contributed by atoms with Crippen molar-refractivity contribution in [1.82, 2.24) is 0 Å². The van der Waals surface area contributed by atoms with Crippen molar-refractivity contribution in [2.45, 2.75) is 18.2 Å². The Morgan fingerprint density at radius 2 is 2.00 bits per heavy atom. The molecule has 0 saturated heterocycles. The van der Waals surface area contributed by atoms with E-state index in [4.69, 9.17) is 9.47 Å². The second-order valence-electron chi connectivity index (χ2n) is 3.95. The van der Waals surface area contributed by atoms with Gasteiger partial charge in [0.1, 0.15) is 0 Å². The first-order valence-electron chi connectivity index (χ1n) is 5.06. The van der Waals surface area contributed by atoms with E-state index >= 15 is 0 Å². The van der Waals surface area contributed by atoms with Crippen LogP contribution in [0.5, 0.6) is 11.5 Å². The van der Waals surface area contributed by atoms with Crippen molar-refractivity contribution < 1.29 is 9.47 Å². The van der Waals surface area contributed by atoms with Crippen LogP contribution in [0, 0.1) is 5.92 Å². The van der Waals surface area contributed by atoms with E-state index in [1.165, 1.54) is 11.1 Å². The van der Waals surface area contributed by atoms with Gasteiger partial charge < -0.3 is 9.47 Å². The van der Waals surface area contributed by atoms with Crippen molar-refractivity contribution in [1.29, 1.82) is 0 Å². The molecule has 2 rings (SSSR count). The highest BCUT2D eigenvalue weighted by atomic mass is 79.9. The van der Waals surface area contributed by atoms with Crippen molar-refractivity contribution in [3.63, 3.8) is 0 Å². The second kappa shape index (κ2) is 4.05. The van der Waals surface area contributed by atoms with Gasteiger partial charge in [0.25, 0.3) is 0 Å².